The van der Waals surface area contributed by atoms with Crippen molar-refractivity contribution in [1.82, 2.24) is 10.2 Å². The average molecular weight is 831 g/mol. The van der Waals surface area contributed by atoms with Gasteiger partial charge in [0.2, 0.25) is 0 Å². The van der Waals surface area contributed by atoms with E-state index in [1.54, 1.807) is 31.2 Å². The number of nitrogens with zero attached hydrogens (tertiary/aromatic N) is 1. The van der Waals surface area contributed by atoms with Crippen LogP contribution in [0.25, 0.3) is 0 Å². The first-order valence-corrected chi connectivity index (χ1v) is 25.4. The van der Waals surface area contributed by atoms with E-state index >= 15 is 0 Å². The number of hydrogen-bond donors (Lipinski definition) is 1. The van der Waals surface area contributed by atoms with Gasteiger partial charge in [-0.2, -0.15) is 0 Å². The Labute approximate surface area is 369 Å². The van der Waals surface area contributed by atoms with Crippen LogP contribution in [-0.4, -0.2) is 41.8 Å². The quantitative estimate of drug-likeness (QED) is 0.0536. The van der Waals surface area contributed by atoms with Gasteiger partial charge in [0.1, 0.15) is 12.6 Å². The SMILES string of the molecule is CCCCCCCCCCCCCCCCCCN(CCCCCCCCCCCCCCCCCC)C(=O)c1ccc(C(=O)N[C@@H](C)C(=O)OCc2ccccc2)cc1. The summed E-state index contributed by atoms with van der Waals surface area (Å²) >= 11 is 0. The van der Waals surface area contributed by atoms with Gasteiger partial charge in [-0.3, -0.25) is 9.59 Å². The Bertz CT molecular complexity index is 1280. The number of carbonyl (C=O) groups excluding carboxylic acids is 3. The molecule has 2 rings (SSSR count). The van der Waals surface area contributed by atoms with Crippen LogP contribution in [0.2, 0.25) is 0 Å². The third-order valence-electron chi connectivity index (χ3n) is 12.2. The van der Waals surface area contributed by atoms with Crippen LogP contribution in [0.4, 0.5) is 0 Å². The van der Waals surface area contributed by atoms with E-state index in [4.69, 9.17) is 4.74 Å². The van der Waals surface area contributed by atoms with Crippen LogP contribution in [0, 0.1) is 0 Å². The first kappa shape index (κ1) is 53.0. The Morgan fingerprint density at radius 1 is 0.467 bits per heavy atom. The minimum absolute atomic E-state index is 0.0433. The molecule has 0 aromatic heterocycles. The second-order valence-corrected chi connectivity index (χ2v) is 17.8. The molecule has 0 saturated carbocycles. The first-order valence-electron chi connectivity index (χ1n) is 25.4. The van der Waals surface area contributed by atoms with E-state index in [1.807, 2.05) is 35.2 Å². The van der Waals surface area contributed by atoms with E-state index in [0.29, 0.717) is 11.1 Å². The molecule has 6 nitrogen and oxygen atoms in total. The maximum Gasteiger partial charge on any atom is 0.328 e. The number of ether oxygens (including phenoxy) is 1. The molecule has 0 radical (unpaired) electrons. The molecular formula is C54H90N2O4. The third kappa shape index (κ3) is 27.6. The number of hydrogen-bond acceptors (Lipinski definition) is 4. The van der Waals surface area contributed by atoms with Gasteiger partial charge in [0, 0.05) is 24.2 Å². The van der Waals surface area contributed by atoms with Gasteiger partial charge in [0.05, 0.1) is 0 Å². The van der Waals surface area contributed by atoms with Crippen LogP contribution in [0.15, 0.2) is 54.6 Å². The molecule has 340 valence electrons. The predicted octanol–water partition coefficient (Wildman–Crippen LogP) is 15.5. The number of nitrogens with one attached hydrogen (secondary N) is 1. The number of benzene rings is 2. The third-order valence-corrected chi connectivity index (χ3v) is 12.2. The lowest BCUT2D eigenvalue weighted by Gasteiger charge is -2.23. The van der Waals surface area contributed by atoms with Gasteiger partial charge in [-0.15, -0.1) is 0 Å². The van der Waals surface area contributed by atoms with Crippen molar-refractivity contribution in [2.75, 3.05) is 13.1 Å². The minimum atomic E-state index is -0.794. The monoisotopic (exact) mass is 831 g/mol. The van der Waals surface area contributed by atoms with Crippen LogP contribution in [-0.2, 0) is 16.1 Å². The summed E-state index contributed by atoms with van der Waals surface area (Å²) in [4.78, 5) is 41.4. The Morgan fingerprint density at radius 2 is 0.800 bits per heavy atom. The molecule has 0 fully saturated rings. The Morgan fingerprint density at radius 3 is 1.17 bits per heavy atom. The van der Waals surface area contributed by atoms with Gasteiger partial charge in [0.25, 0.3) is 11.8 Å². The van der Waals surface area contributed by atoms with Crippen LogP contribution in [0.1, 0.15) is 253 Å². The van der Waals surface area contributed by atoms with Gasteiger partial charge in [-0.1, -0.05) is 237 Å². The van der Waals surface area contributed by atoms with Crippen LogP contribution >= 0.6 is 0 Å². The van der Waals surface area contributed by atoms with E-state index < -0.39 is 12.0 Å². The van der Waals surface area contributed by atoms with Gasteiger partial charge in [0.15, 0.2) is 0 Å². The second kappa shape index (κ2) is 37.6. The second-order valence-electron chi connectivity index (χ2n) is 17.8. The Hall–Kier alpha value is -3.15. The number of unbranched alkanes of at least 4 members (excludes halogenated alkanes) is 30. The summed E-state index contributed by atoms with van der Waals surface area (Å²) in [6.45, 7) is 7.91. The fourth-order valence-corrected chi connectivity index (χ4v) is 8.16. The maximum absolute atomic E-state index is 13.8. The first-order chi connectivity index (χ1) is 29.5. The van der Waals surface area contributed by atoms with E-state index in [-0.39, 0.29) is 18.4 Å². The molecule has 0 aliphatic carbocycles. The van der Waals surface area contributed by atoms with Crippen molar-refractivity contribution in [3.8, 4) is 0 Å². The highest BCUT2D eigenvalue weighted by Crippen LogP contribution is 2.17. The van der Waals surface area contributed by atoms with Crippen molar-refractivity contribution in [3.05, 3.63) is 71.3 Å². The summed E-state index contributed by atoms with van der Waals surface area (Å²) in [5, 5.41) is 2.74. The lowest BCUT2D eigenvalue weighted by atomic mass is 10.0. The summed E-state index contributed by atoms with van der Waals surface area (Å²) in [6.07, 6.45) is 42.7. The summed E-state index contributed by atoms with van der Waals surface area (Å²) in [5.41, 5.74) is 1.91. The molecule has 0 spiro atoms. The molecule has 0 unspecified atom stereocenters. The molecule has 0 saturated heterocycles. The number of carbonyl (C=O) groups is 3. The summed E-state index contributed by atoms with van der Waals surface area (Å²) in [6, 6.07) is 15.6. The maximum atomic E-state index is 13.8. The van der Waals surface area contributed by atoms with E-state index in [1.165, 1.54) is 180 Å². The molecule has 0 bridgehead atoms. The standard InChI is InChI=1S/C54H90N2O4/c1-4-6-8-10-12-14-16-18-20-22-24-26-28-30-32-37-45-56(46-38-33-31-29-27-25-23-21-19-17-15-13-11-9-7-5-2)53(58)51-43-41-50(42-44-51)52(57)55-48(3)54(59)60-47-49-39-35-34-36-40-49/h34-36,39-44,48H,4-33,37-38,45-47H2,1-3H3,(H,55,57)/t48-/m0/s1. The molecule has 0 aliphatic heterocycles. The molecule has 0 heterocycles. The molecule has 1 atom stereocenters. The van der Waals surface area contributed by atoms with Crippen LogP contribution < -0.4 is 5.32 Å². The topological polar surface area (TPSA) is 75.7 Å². The van der Waals surface area contributed by atoms with Gasteiger partial charge < -0.3 is 15.0 Å². The molecule has 60 heavy (non-hydrogen) atoms. The zero-order valence-electron chi connectivity index (χ0n) is 39.1. The predicted molar refractivity (Wildman–Crippen MR) is 255 cm³/mol. The summed E-state index contributed by atoms with van der Waals surface area (Å²) in [7, 11) is 0. The largest absolute Gasteiger partial charge is 0.459 e. The molecule has 2 amide bonds. The summed E-state index contributed by atoms with van der Waals surface area (Å²) in [5.74, 6) is -0.809. The molecule has 2 aromatic rings. The highest BCUT2D eigenvalue weighted by atomic mass is 16.5. The van der Waals surface area contributed by atoms with E-state index in [9.17, 15) is 14.4 Å². The Balaban J connectivity index is 1.72. The lowest BCUT2D eigenvalue weighted by Crippen LogP contribution is -2.39. The fraction of sp³-hybridized carbons (Fsp3) is 0.722. The van der Waals surface area contributed by atoms with Crippen LogP contribution in [0.3, 0.4) is 0 Å². The molecular weight excluding hydrogens is 741 g/mol. The van der Waals surface area contributed by atoms with Crippen molar-refractivity contribution >= 4 is 17.8 Å². The highest BCUT2D eigenvalue weighted by molar-refractivity contribution is 5.99. The lowest BCUT2D eigenvalue weighted by molar-refractivity contribution is -0.146. The van der Waals surface area contributed by atoms with Crippen molar-refractivity contribution in [2.24, 2.45) is 0 Å². The fourth-order valence-electron chi connectivity index (χ4n) is 8.16. The number of esters is 1. The molecule has 2 aromatic carbocycles. The smallest absolute Gasteiger partial charge is 0.328 e. The van der Waals surface area contributed by atoms with Crippen LogP contribution in [0.5, 0.6) is 0 Å². The number of rotatable bonds is 40. The van der Waals surface area contributed by atoms with Crippen molar-refractivity contribution in [1.29, 1.82) is 0 Å². The van der Waals surface area contributed by atoms with Gasteiger partial charge in [-0.25, -0.2) is 4.79 Å². The van der Waals surface area contributed by atoms with E-state index in [2.05, 4.69) is 19.2 Å². The minimum Gasteiger partial charge on any atom is -0.459 e. The molecule has 0 aliphatic rings. The zero-order valence-corrected chi connectivity index (χ0v) is 39.1. The van der Waals surface area contributed by atoms with E-state index in [0.717, 1.165) is 44.3 Å². The van der Waals surface area contributed by atoms with Gasteiger partial charge in [-0.05, 0) is 49.6 Å². The molecule has 1 N–H and O–H groups in total. The Kier molecular flexibility index (Phi) is 33.2. The average Bonchev–Trinajstić information content (AvgIpc) is 3.27. The highest BCUT2D eigenvalue weighted by Gasteiger charge is 2.20. The summed E-state index contributed by atoms with van der Waals surface area (Å²) < 4.78 is 5.39. The molecule has 6 heteroatoms. The zero-order chi connectivity index (χ0) is 43.1. The van der Waals surface area contributed by atoms with Crippen molar-refractivity contribution in [3.63, 3.8) is 0 Å². The van der Waals surface area contributed by atoms with Gasteiger partial charge >= 0.3 is 5.97 Å². The number of amides is 2. The van der Waals surface area contributed by atoms with Crippen molar-refractivity contribution < 1.29 is 19.1 Å². The normalized spacial score (nSPS) is 11.7. The van der Waals surface area contributed by atoms with Crippen molar-refractivity contribution in [2.45, 2.75) is 239 Å².